The summed E-state index contributed by atoms with van der Waals surface area (Å²) in [5, 5.41) is 10.9. The van der Waals surface area contributed by atoms with Gasteiger partial charge < -0.3 is 9.84 Å². The molecule has 3 heteroatoms. The fraction of sp³-hybridized carbons (Fsp3) is 0.591. The van der Waals surface area contributed by atoms with Crippen molar-refractivity contribution in [2.75, 3.05) is 0 Å². The van der Waals surface area contributed by atoms with Gasteiger partial charge in [-0.15, -0.1) is 0 Å². The first-order valence-corrected chi connectivity index (χ1v) is 9.45. The molecule has 0 saturated carbocycles. The van der Waals surface area contributed by atoms with Gasteiger partial charge in [-0.1, -0.05) is 25.5 Å². The Morgan fingerprint density at radius 3 is 2.40 bits per heavy atom. The highest BCUT2D eigenvalue weighted by molar-refractivity contribution is 5.74. The van der Waals surface area contributed by atoms with Crippen LogP contribution >= 0.6 is 0 Å². The van der Waals surface area contributed by atoms with Crippen molar-refractivity contribution < 1.29 is 14.6 Å². The van der Waals surface area contributed by atoms with Crippen molar-refractivity contribution in [2.45, 2.75) is 78.6 Å². The van der Waals surface area contributed by atoms with E-state index in [9.17, 15) is 9.90 Å². The molecule has 0 bridgehead atoms. The Kier molecular flexibility index (Phi) is 4.70. The summed E-state index contributed by atoms with van der Waals surface area (Å²) < 4.78 is 5.51. The van der Waals surface area contributed by atoms with Gasteiger partial charge in [-0.05, 0) is 74.5 Å². The first-order valence-electron chi connectivity index (χ1n) is 9.45. The molecule has 1 N–H and O–H groups in total. The standard InChI is InChI=1S/C22H30O3/c1-11(2)9-16-10-13(4)17-8-7-12(3)18-20(17)19(16)14(5)21(24)22(18)25-15(6)23/h9,12-13,16-17,24H,7-8,10H2,1-6H3/t12-,13-,16+,17+/m0/s1. The minimum atomic E-state index is -0.370. The Balaban J connectivity index is 2.34. The molecule has 0 spiro atoms. The number of carbonyl (C=O) groups excluding carboxylic acids is 1. The molecule has 0 heterocycles. The molecule has 25 heavy (non-hydrogen) atoms. The van der Waals surface area contributed by atoms with Crippen molar-refractivity contribution >= 4 is 5.97 Å². The fourth-order valence-corrected chi connectivity index (χ4v) is 5.03. The smallest absolute Gasteiger partial charge is 0.308 e. The predicted octanol–water partition coefficient (Wildman–Crippen LogP) is 5.70. The molecular weight excluding hydrogens is 312 g/mol. The average Bonchev–Trinajstić information content (AvgIpc) is 2.50. The van der Waals surface area contributed by atoms with E-state index in [1.165, 1.54) is 30.0 Å². The zero-order chi connectivity index (χ0) is 18.5. The molecule has 3 rings (SSSR count). The monoisotopic (exact) mass is 342 g/mol. The highest BCUT2D eigenvalue weighted by Gasteiger charge is 2.41. The topological polar surface area (TPSA) is 46.5 Å². The lowest BCUT2D eigenvalue weighted by molar-refractivity contribution is -0.132. The molecule has 0 aromatic heterocycles. The normalized spacial score (nSPS) is 27.4. The average molecular weight is 342 g/mol. The SMILES string of the molecule is CC(=O)Oc1c(O)c(C)c2c3c1[C@@H](C)CC[C@@H]3[C@@H](C)C[C@H]2C=C(C)C. The molecule has 0 saturated heterocycles. The number of aromatic hydroxyl groups is 1. The molecule has 0 radical (unpaired) electrons. The minimum absolute atomic E-state index is 0.151. The van der Waals surface area contributed by atoms with Gasteiger partial charge in [-0.2, -0.15) is 0 Å². The number of benzene rings is 1. The Labute approximate surface area is 151 Å². The summed E-state index contributed by atoms with van der Waals surface area (Å²) in [6.45, 7) is 12.2. The van der Waals surface area contributed by atoms with E-state index in [1.807, 2.05) is 6.92 Å². The van der Waals surface area contributed by atoms with Crippen LogP contribution in [0.5, 0.6) is 11.5 Å². The number of hydrogen-bond donors (Lipinski definition) is 1. The van der Waals surface area contributed by atoms with Crippen LogP contribution in [0.1, 0.15) is 93.9 Å². The van der Waals surface area contributed by atoms with Crippen LogP contribution in [-0.2, 0) is 4.79 Å². The van der Waals surface area contributed by atoms with Gasteiger partial charge in [-0.3, -0.25) is 4.79 Å². The number of carbonyl (C=O) groups is 1. The largest absolute Gasteiger partial charge is 0.504 e. The second-order valence-electron chi connectivity index (χ2n) is 8.29. The molecule has 2 aliphatic carbocycles. The summed E-state index contributed by atoms with van der Waals surface area (Å²) in [6, 6.07) is 0. The second-order valence-corrected chi connectivity index (χ2v) is 8.29. The first kappa shape index (κ1) is 18.0. The third kappa shape index (κ3) is 2.98. The zero-order valence-corrected chi connectivity index (χ0v) is 16.3. The van der Waals surface area contributed by atoms with Crippen LogP contribution in [0.15, 0.2) is 11.6 Å². The van der Waals surface area contributed by atoms with Crippen molar-refractivity contribution in [2.24, 2.45) is 5.92 Å². The van der Waals surface area contributed by atoms with Gasteiger partial charge >= 0.3 is 5.97 Å². The quantitative estimate of drug-likeness (QED) is 0.426. The molecule has 2 aliphatic rings. The Morgan fingerprint density at radius 1 is 1.12 bits per heavy atom. The minimum Gasteiger partial charge on any atom is -0.504 e. The van der Waals surface area contributed by atoms with Crippen LogP contribution in [0, 0.1) is 12.8 Å². The van der Waals surface area contributed by atoms with Crippen LogP contribution < -0.4 is 4.74 Å². The molecule has 0 unspecified atom stereocenters. The maximum atomic E-state index is 11.7. The molecule has 1 aromatic rings. The van der Waals surface area contributed by atoms with Gasteiger partial charge in [0.05, 0.1) is 0 Å². The summed E-state index contributed by atoms with van der Waals surface area (Å²) in [7, 11) is 0. The van der Waals surface area contributed by atoms with Gasteiger partial charge in [-0.25, -0.2) is 0 Å². The third-order valence-corrected chi connectivity index (χ3v) is 6.04. The van der Waals surface area contributed by atoms with E-state index in [4.69, 9.17) is 4.74 Å². The van der Waals surface area contributed by atoms with Crippen LogP contribution in [0.25, 0.3) is 0 Å². The summed E-state index contributed by atoms with van der Waals surface area (Å²) in [4.78, 5) is 11.7. The number of rotatable bonds is 2. The third-order valence-electron chi connectivity index (χ3n) is 6.04. The maximum absolute atomic E-state index is 11.7. The lowest BCUT2D eigenvalue weighted by atomic mass is 9.62. The zero-order valence-electron chi connectivity index (χ0n) is 16.3. The summed E-state index contributed by atoms with van der Waals surface area (Å²) in [5.74, 6) is 1.90. The summed E-state index contributed by atoms with van der Waals surface area (Å²) in [5.41, 5.74) is 5.88. The first-order chi connectivity index (χ1) is 11.7. The summed E-state index contributed by atoms with van der Waals surface area (Å²) in [6.07, 6.45) is 5.70. The van der Waals surface area contributed by atoms with E-state index in [2.05, 4.69) is 33.8 Å². The molecule has 0 aliphatic heterocycles. The van der Waals surface area contributed by atoms with Gasteiger partial charge in [0.1, 0.15) is 0 Å². The van der Waals surface area contributed by atoms with Crippen molar-refractivity contribution in [3.8, 4) is 11.5 Å². The van der Waals surface area contributed by atoms with E-state index in [0.29, 0.717) is 29.4 Å². The van der Waals surface area contributed by atoms with Crippen molar-refractivity contribution in [1.82, 2.24) is 0 Å². The molecular formula is C22H30O3. The van der Waals surface area contributed by atoms with Gasteiger partial charge in [0.25, 0.3) is 0 Å². The number of ether oxygens (including phenoxy) is 1. The molecule has 0 fully saturated rings. The number of phenolic OH excluding ortho intramolecular Hbond substituents is 1. The predicted molar refractivity (Wildman–Crippen MR) is 100 cm³/mol. The van der Waals surface area contributed by atoms with E-state index in [0.717, 1.165) is 24.0 Å². The fourth-order valence-electron chi connectivity index (χ4n) is 5.03. The lowest BCUT2D eigenvalue weighted by Gasteiger charge is -2.43. The van der Waals surface area contributed by atoms with Crippen molar-refractivity contribution in [3.63, 3.8) is 0 Å². The molecule has 0 amide bonds. The highest BCUT2D eigenvalue weighted by atomic mass is 16.5. The van der Waals surface area contributed by atoms with Crippen LogP contribution in [0.3, 0.4) is 0 Å². The molecule has 4 atom stereocenters. The number of phenols is 1. The van der Waals surface area contributed by atoms with Gasteiger partial charge in [0.15, 0.2) is 11.5 Å². The number of esters is 1. The van der Waals surface area contributed by atoms with E-state index in [-0.39, 0.29) is 11.7 Å². The molecule has 136 valence electrons. The Morgan fingerprint density at radius 2 is 1.80 bits per heavy atom. The number of hydrogen-bond acceptors (Lipinski definition) is 3. The Bertz CT molecular complexity index is 740. The van der Waals surface area contributed by atoms with Gasteiger partial charge in [0, 0.05) is 18.4 Å². The van der Waals surface area contributed by atoms with E-state index < -0.39 is 0 Å². The molecule has 1 aromatic carbocycles. The van der Waals surface area contributed by atoms with Crippen LogP contribution in [0.4, 0.5) is 0 Å². The maximum Gasteiger partial charge on any atom is 0.308 e. The van der Waals surface area contributed by atoms with E-state index >= 15 is 0 Å². The van der Waals surface area contributed by atoms with Crippen molar-refractivity contribution in [3.05, 3.63) is 33.9 Å². The second kappa shape index (κ2) is 6.51. The highest BCUT2D eigenvalue weighted by Crippen LogP contribution is 2.58. The number of allylic oxidation sites excluding steroid dienone is 2. The van der Waals surface area contributed by atoms with Gasteiger partial charge in [0.2, 0.25) is 0 Å². The van der Waals surface area contributed by atoms with E-state index in [1.54, 1.807) is 0 Å². The van der Waals surface area contributed by atoms with Crippen molar-refractivity contribution in [1.29, 1.82) is 0 Å². The summed E-state index contributed by atoms with van der Waals surface area (Å²) >= 11 is 0. The molecule has 3 nitrogen and oxygen atoms in total. The Hall–Kier alpha value is -1.77. The lowest BCUT2D eigenvalue weighted by Crippen LogP contribution is -2.28. The van der Waals surface area contributed by atoms with Crippen LogP contribution in [-0.4, -0.2) is 11.1 Å². The van der Waals surface area contributed by atoms with Crippen LogP contribution in [0.2, 0.25) is 0 Å².